The van der Waals surface area contributed by atoms with Gasteiger partial charge in [-0.2, -0.15) is 4.68 Å². The largest absolute Gasteiger partial charge is 0.492 e. The summed E-state index contributed by atoms with van der Waals surface area (Å²) in [4.78, 5) is 13.6. The van der Waals surface area contributed by atoms with Crippen LogP contribution in [0.3, 0.4) is 0 Å². The van der Waals surface area contributed by atoms with Crippen LogP contribution in [0, 0.1) is 16.0 Å². The molecule has 0 saturated heterocycles. The summed E-state index contributed by atoms with van der Waals surface area (Å²) in [6, 6.07) is 0.422. The van der Waals surface area contributed by atoms with Crippen molar-refractivity contribution in [2.45, 2.75) is 33.4 Å². The van der Waals surface area contributed by atoms with Gasteiger partial charge in [0.1, 0.15) is 0 Å². The molecule has 1 rings (SSSR count). The third-order valence-electron chi connectivity index (χ3n) is 2.14. The van der Waals surface area contributed by atoms with Gasteiger partial charge in [0.05, 0.1) is 6.54 Å². The fourth-order valence-corrected chi connectivity index (χ4v) is 1.68. The Bertz CT molecular complexity index is 393. The van der Waals surface area contributed by atoms with Gasteiger partial charge in [0.2, 0.25) is 0 Å². The van der Waals surface area contributed by atoms with Crippen molar-refractivity contribution in [3.05, 3.63) is 14.8 Å². The van der Waals surface area contributed by atoms with Gasteiger partial charge in [0.25, 0.3) is 4.73 Å². The molecule has 1 atom stereocenters. The normalized spacial score (nSPS) is 13.0. The van der Waals surface area contributed by atoms with Crippen molar-refractivity contribution in [3.63, 3.8) is 0 Å². The van der Waals surface area contributed by atoms with Gasteiger partial charge in [-0.05, 0) is 22.4 Å². The molecule has 0 aliphatic heterocycles. The average molecular weight is 306 g/mol. The van der Waals surface area contributed by atoms with Crippen LogP contribution in [-0.2, 0) is 6.54 Å². The van der Waals surface area contributed by atoms with Crippen LogP contribution in [0.25, 0.3) is 0 Å². The van der Waals surface area contributed by atoms with Gasteiger partial charge in [-0.1, -0.05) is 20.8 Å². The molecule has 0 aliphatic rings. The predicted octanol–water partition coefficient (Wildman–Crippen LogP) is 1.58. The maximum atomic E-state index is 10.5. The van der Waals surface area contributed by atoms with Crippen molar-refractivity contribution in [2.75, 3.05) is 6.54 Å². The zero-order chi connectivity index (χ0) is 13.0. The summed E-state index contributed by atoms with van der Waals surface area (Å²) < 4.78 is 1.89. The zero-order valence-corrected chi connectivity index (χ0v) is 11.6. The molecule has 0 spiro atoms. The summed E-state index contributed by atoms with van der Waals surface area (Å²) in [5, 5.41) is 17.6. The second-order valence-corrected chi connectivity index (χ2v) is 5.00. The van der Waals surface area contributed by atoms with Crippen LogP contribution in [0.15, 0.2) is 4.73 Å². The quantitative estimate of drug-likeness (QED) is 0.637. The van der Waals surface area contributed by atoms with E-state index in [4.69, 9.17) is 0 Å². The minimum Gasteiger partial charge on any atom is -0.390 e. The number of rotatable bonds is 6. The number of halogens is 1. The van der Waals surface area contributed by atoms with Crippen LogP contribution in [-0.4, -0.2) is 32.3 Å². The maximum absolute atomic E-state index is 10.5. The Balaban J connectivity index is 2.58. The van der Waals surface area contributed by atoms with Gasteiger partial charge in [0.15, 0.2) is 0 Å². The first-order chi connectivity index (χ1) is 7.90. The number of hydrogen-bond donors (Lipinski definition) is 1. The van der Waals surface area contributed by atoms with Crippen LogP contribution in [0.1, 0.15) is 20.8 Å². The van der Waals surface area contributed by atoms with E-state index >= 15 is 0 Å². The summed E-state index contributed by atoms with van der Waals surface area (Å²) in [5.41, 5.74) is 0. The molecule has 0 amide bonds. The highest BCUT2D eigenvalue weighted by Gasteiger charge is 2.20. The molecule has 7 nitrogen and oxygen atoms in total. The molecule has 0 aliphatic carbocycles. The van der Waals surface area contributed by atoms with Crippen LogP contribution in [0.5, 0.6) is 0 Å². The number of aromatic nitrogens is 3. The van der Waals surface area contributed by atoms with E-state index in [-0.39, 0.29) is 5.95 Å². The van der Waals surface area contributed by atoms with Crippen molar-refractivity contribution < 1.29 is 4.92 Å². The average Bonchev–Trinajstić information content (AvgIpc) is 2.58. The minimum absolute atomic E-state index is 0.315. The molecule has 1 aromatic rings. The summed E-state index contributed by atoms with van der Waals surface area (Å²) in [6.45, 7) is 7.61. The molecule has 1 aromatic heterocycles. The van der Waals surface area contributed by atoms with E-state index in [1.165, 1.54) is 4.68 Å². The molecule has 0 radical (unpaired) electrons. The van der Waals surface area contributed by atoms with E-state index in [1.807, 2.05) is 0 Å². The molecule has 96 valence electrons. The molecule has 17 heavy (non-hydrogen) atoms. The van der Waals surface area contributed by atoms with Gasteiger partial charge >= 0.3 is 5.95 Å². The first kappa shape index (κ1) is 14.0. The molecule has 0 bridgehead atoms. The molecule has 0 saturated carbocycles. The molecule has 0 aromatic carbocycles. The standard InChI is InChI=1S/C9H16BrN5O2/c1-6(2)11-4-7(3)5-14-8(10)12-9(13-14)15(16)17/h6-7,11H,4-5H2,1-3H3. The third-order valence-corrected chi connectivity index (χ3v) is 2.72. The van der Waals surface area contributed by atoms with Crippen LogP contribution in [0.2, 0.25) is 0 Å². The zero-order valence-electron chi connectivity index (χ0n) is 10.1. The van der Waals surface area contributed by atoms with E-state index in [1.54, 1.807) is 0 Å². The number of nitrogens with zero attached hydrogens (tertiary/aromatic N) is 4. The monoisotopic (exact) mass is 305 g/mol. The van der Waals surface area contributed by atoms with Gasteiger partial charge in [-0.25, -0.2) is 0 Å². The van der Waals surface area contributed by atoms with Crippen LogP contribution >= 0.6 is 15.9 Å². The molecular formula is C9H16BrN5O2. The second-order valence-electron chi connectivity index (χ2n) is 4.29. The fraction of sp³-hybridized carbons (Fsp3) is 0.778. The molecular weight excluding hydrogens is 290 g/mol. The summed E-state index contributed by atoms with van der Waals surface area (Å²) in [5.74, 6) is -0.0594. The van der Waals surface area contributed by atoms with Crippen LogP contribution < -0.4 is 5.32 Å². The summed E-state index contributed by atoms with van der Waals surface area (Å²) in [6.07, 6.45) is 0. The van der Waals surface area contributed by atoms with Crippen molar-refractivity contribution in [3.8, 4) is 0 Å². The first-order valence-corrected chi connectivity index (χ1v) is 6.17. The maximum Gasteiger partial charge on any atom is 0.492 e. The lowest BCUT2D eigenvalue weighted by molar-refractivity contribution is -0.394. The van der Waals surface area contributed by atoms with Crippen molar-refractivity contribution >= 4 is 21.9 Å². The highest BCUT2D eigenvalue weighted by molar-refractivity contribution is 9.10. The van der Waals surface area contributed by atoms with E-state index in [0.717, 1.165) is 6.54 Å². The van der Waals surface area contributed by atoms with Crippen LogP contribution in [0.4, 0.5) is 5.95 Å². The Morgan fingerprint density at radius 2 is 2.18 bits per heavy atom. The molecule has 8 heteroatoms. The van der Waals surface area contributed by atoms with Crippen molar-refractivity contribution in [1.29, 1.82) is 0 Å². The summed E-state index contributed by atoms with van der Waals surface area (Å²) >= 11 is 3.16. The lowest BCUT2D eigenvalue weighted by Gasteiger charge is -2.13. The van der Waals surface area contributed by atoms with E-state index in [9.17, 15) is 10.1 Å². The van der Waals surface area contributed by atoms with E-state index in [2.05, 4.69) is 52.1 Å². The summed E-state index contributed by atoms with van der Waals surface area (Å²) in [7, 11) is 0. The third kappa shape index (κ3) is 4.39. The molecule has 1 unspecified atom stereocenters. The highest BCUT2D eigenvalue weighted by Crippen LogP contribution is 2.13. The Kier molecular flexibility index (Phi) is 5.01. The van der Waals surface area contributed by atoms with Crippen molar-refractivity contribution in [2.24, 2.45) is 5.92 Å². The first-order valence-electron chi connectivity index (χ1n) is 5.38. The topological polar surface area (TPSA) is 85.9 Å². The van der Waals surface area contributed by atoms with E-state index in [0.29, 0.717) is 23.2 Å². The Hall–Kier alpha value is -1.02. The van der Waals surface area contributed by atoms with Crippen molar-refractivity contribution in [1.82, 2.24) is 20.1 Å². The number of nitrogens with one attached hydrogen (secondary N) is 1. The molecule has 1 N–H and O–H groups in total. The fourth-order valence-electron chi connectivity index (χ4n) is 1.30. The minimum atomic E-state index is -0.599. The SMILES string of the molecule is CC(CNC(C)C)Cn1nc([N+](=O)[O-])nc1Br. The van der Waals surface area contributed by atoms with Gasteiger partial charge < -0.3 is 15.4 Å². The molecule has 1 heterocycles. The molecule has 0 fully saturated rings. The van der Waals surface area contributed by atoms with Gasteiger partial charge in [0, 0.05) is 27.1 Å². The Morgan fingerprint density at radius 3 is 2.65 bits per heavy atom. The second kappa shape index (κ2) is 6.06. The Morgan fingerprint density at radius 1 is 1.53 bits per heavy atom. The lowest BCUT2D eigenvalue weighted by Crippen LogP contribution is -2.29. The highest BCUT2D eigenvalue weighted by atomic mass is 79.9. The smallest absolute Gasteiger partial charge is 0.390 e. The Labute approximate surface area is 108 Å². The number of nitro groups is 1. The lowest BCUT2D eigenvalue weighted by atomic mass is 10.2. The van der Waals surface area contributed by atoms with Gasteiger partial charge in [-0.3, -0.25) is 0 Å². The van der Waals surface area contributed by atoms with Gasteiger partial charge in [-0.15, -0.1) is 0 Å². The predicted molar refractivity (Wildman–Crippen MR) is 66.7 cm³/mol. The van der Waals surface area contributed by atoms with E-state index < -0.39 is 4.92 Å². The number of hydrogen-bond acceptors (Lipinski definition) is 5.